The van der Waals surface area contributed by atoms with E-state index in [9.17, 15) is 14.5 Å². The number of nitro benzene ring substituents is 1. The Hall–Kier alpha value is -2.63. The maximum atomic E-state index is 13.6. The van der Waals surface area contributed by atoms with Crippen LogP contribution >= 0.6 is 0 Å². The monoisotopic (exact) mass is 290 g/mol. The van der Waals surface area contributed by atoms with Gasteiger partial charge in [0.25, 0.3) is 5.69 Å². The van der Waals surface area contributed by atoms with Crippen LogP contribution in [0.5, 0.6) is 5.75 Å². The Balaban J connectivity index is 2.09. The third kappa shape index (κ3) is 3.47. The lowest BCUT2D eigenvalue weighted by Crippen LogP contribution is -2.02. The molecule has 0 heterocycles. The molecule has 1 N–H and O–H groups in total. The van der Waals surface area contributed by atoms with Gasteiger partial charge in [-0.3, -0.25) is 10.1 Å². The summed E-state index contributed by atoms with van der Waals surface area (Å²) in [6, 6.07) is 9.30. The Morgan fingerprint density at radius 1 is 1.29 bits per heavy atom. The fourth-order valence-electron chi connectivity index (χ4n) is 1.98. The quantitative estimate of drug-likeness (QED) is 0.674. The van der Waals surface area contributed by atoms with E-state index >= 15 is 0 Å². The molecule has 0 atom stereocenters. The topological polar surface area (TPSA) is 64.4 Å². The van der Waals surface area contributed by atoms with Crippen molar-refractivity contribution >= 4 is 11.4 Å². The minimum atomic E-state index is -0.435. The molecule has 0 spiro atoms. The Kier molecular flexibility index (Phi) is 4.37. The smallest absolute Gasteiger partial charge is 0.269 e. The van der Waals surface area contributed by atoms with Crippen molar-refractivity contribution in [1.29, 1.82) is 0 Å². The van der Waals surface area contributed by atoms with Gasteiger partial charge in [-0.25, -0.2) is 4.39 Å². The zero-order valence-electron chi connectivity index (χ0n) is 11.7. The zero-order valence-corrected chi connectivity index (χ0v) is 11.7. The van der Waals surface area contributed by atoms with E-state index in [0.717, 1.165) is 16.8 Å². The molecule has 0 saturated carbocycles. The first-order chi connectivity index (χ1) is 10.0. The number of methoxy groups -OCH3 is 1. The lowest BCUT2D eigenvalue weighted by Gasteiger charge is -2.10. The van der Waals surface area contributed by atoms with Gasteiger partial charge >= 0.3 is 0 Å². The van der Waals surface area contributed by atoms with Crippen LogP contribution in [0.15, 0.2) is 36.4 Å². The summed E-state index contributed by atoms with van der Waals surface area (Å²) in [6.07, 6.45) is 0. The van der Waals surface area contributed by atoms with Gasteiger partial charge in [-0.1, -0.05) is 6.07 Å². The van der Waals surface area contributed by atoms with Crippen LogP contribution in [-0.2, 0) is 6.54 Å². The summed E-state index contributed by atoms with van der Waals surface area (Å²) in [5.74, 6) is -0.220. The number of hydrogen-bond donors (Lipinski definition) is 1. The van der Waals surface area contributed by atoms with Crippen molar-refractivity contribution in [3.05, 3.63) is 63.5 Å². The number of hydrogen-bond acceptors (Lipinski definition) is 4. The summed E-state index contributed by atoms with van der Waals surface area (Å²) in [5, 5.41) is 13.8. The van der Waals surface area contributed by atoms with E-state index in [1.807, 2.05) is 0 Å². The van der Waals surface area contributed by atoms with Crippen LogP contribution in [0, 0.1) is 22.9 Å². The number of nitrogens with zero attached hydrogens (tertiary/aromatic N) is 1. The second kappa shape index (κ2) is 6.21. The molecule has 2 aromatic rings. The SMILES string of the molecule is COc1ccc(CNc2ccc([N+](=O)[O-])cc2C)cc1F. The van der Waals surface area contributed by atoms with Gasteiger partial charge in [0.2, 0.25) is 0 Å². The highest BCUT2D eigenvalue weighted by Gasteiger charge is 2.08. The van der Waals surface area contributed by atoms with E-state index < -0.39 is 10.7 Å². The third-order valence-corrected chi connectivity index (χ3v) is 3.12. The van der Waals surface area contributed by atoms with Crippen molar-refractivity contribution in [2.75, 3.05) is 12.4 Å². The predicted molar refractivity (Wildman–Crippen MR) is 78.1 cm³/mol. The average molecular weight is 290 g/mol. The molecular formula is C15H15FN2O3. The molecule has 0 aliphatic carbocycles. The van der Waals surface area contributed by atoms with Crippen LogP contribution in [0.3, 0.4) is 0 Å². The van der Waals surface area contributed by atoms with Gasteiger partial charge in [0.15, 0.2) is 11.6 Å². The summed E-state index contributed by atoms with van der Waals surface area (Å²) in [5.41, 5.74) is 2.34. The van der Waals surface area contributed by atoms with Crippen molar-refractivity contribution in [2.24, 2.45) is 0 Å². The van der Waals surface area contributed by atoms with Crippen LogP contribution in [0.25, 0.3) is 0 Å². The number of halogens is 1. The van der Waals surface area contributed by atoms with Crippen molar-refractivity contribution < 1.29 is 14.1 Å². The number of aryl methyl sites for hydroxylation is 1. The first-order valence-corrected chi connectivity index (χ1v) is 6.32. The van der Waals surface area contributed by atoms with E-state index in [0.29, 0.717) is 6.54 Å². The van der Waals surface area contributed by atoms with Crippen LogP contribution in [0.2, 0.25) is 0 Å². The van der Waals surface area contributed by atoms with E-state index in [1.165, 1.54) is 25.3 Å². The number of benzene rings is 2. The summed E-state index contributed by atoms with van der Waals surface area (Å²) < 4.78 is 18.4. The standard InChI is InChI=1S/C15H15FN2O3/c1-10-7-12(18(19)20)4-5-14(10)17-9-11-3-6-15(21-2)13(16)8-11/h3-8,17H,9H2,1-2H3. The molecule has 0 aliphatic rings. The second-order valence-corrected chi connectivity index (χ2v) is 4.58. The molecule has 2 rings (SSSR count). The molecule has 21 heavy (non-hydrogen) atoms. The Morgan fingerprint density at radius 2 is 2.05 bits per heavy atom. The van der Waals surface area contributed by atoms with E-state index in [4.69, 9.17) is 4.74 Å². The van der Waals surface area contributed by atoms with Crippen LogP contribution < -0.4 is 10.1 Å². The molecule has 0 bridgehead atoms. The highest BCUT2D eigenvalue weighted by atomic mass is 19.1. The van der Waals surface area contributed by atoms with Gasteiger partial charge in [-0.2, -0.15) is 0 Å². The number of nitrogens with one attached hydrogen (secondary N) is 1. The number of non-ortho nitro benzene ring substituents is 1. The molecule has 0 radical (unpaired) electrons. The molecular weight excluding hydrogens is 275 g/mol. The lowest BCUT2D eigenvalue weighted by molar-refractivity contribution is -0.384. The normalized spacial score (nSPS) is 10.2. The largest absolute Gasteiger partial charge is 0.494 e. The fourth-order valence-corrected chi connectivity index (χ4v) is 1.98. The highest BCUT2D eigenvalue weighted by Crippen LogP contribution is 2.23. The van der Waals surface area contributed by atoms with Crippen LogP contribution in [0.4, 0.5) is 15.8 Å². The molecule has 0 unspecified atom stereocenters. The second-order valence-electron chi connectivity index (χ2n) is 4.58. The number of ether oxygens (including phenoxy) is 1. The molecule has 6 heteroatoms. The third-order valence-electron chi connectivity index (χ3n) is 3.12. The van der Waals surface area contributed by atoms with E-state index in [1.54, 1.807) is 25.1 Å². The van der Waals surface area contributed by atoms with E-state index in [-0.39, 0.29) is 11.4 Å². The van der Waals surface area contributed by atoms with Crippen LogP contribution in [-0.4, -0.2) is 12.0 Å². The molecule has 2 aromatic carbocycles. The number of nitro groups is 1. The van der Waals surface area contributed by atoms with Crippen LogP contribution in [0.1, 0.15) is 11.1 Å². The minimum absolute atomic E-state index is 0.0496. The molecule has 0 fully saturated rings. The maximum Gasteiger partial charge on any atom is 0.269 e. The van der Waals surface area contributed by atoms with Gasteiger partial charge < -0.3 is 10.1 Å². The van der Waals surface area contributed by atoms with Gasteiger partial charge in [0.05, 0.1) is 12.0 Å². The number of rotatable bonds is 5. The lowest BCUT2D eigenvalue weighted by atomic mass is 10.1. The van der Waals surface area contributed by atoms with Crippen molar-refractivity contribution in [2.45, 2.75) is 13.5 Å². The molecule has 0 aromatic heterocycles. The summed E-state index contributed by atoms with van der Waals surface area (Å²) in [7, 11) is 1.41. The van der Waals surface area contributed by atoms with Crippen molar-refractivity contribution in [1.82, 2.24) is 0 Å². The molecule has 0 saturated heterocycles. The van der Waals surface area contributed by atoms with E-state index in [2.05, 4.69) is 5.32 Å². The summed E-state index contributed by atoms with van der Waals surface area (Å²) in [6.45, 7) is 2.20. The maximum absolute atomic E-state index is 13.6. The van der Waals surface area contributed by atoms with Gasteiger partial charge in [0, 0.05) is 24.4 Å². The van der Waals surface area contributed by atoms with Gasteiger partial charge in [-0.15, -0.1) is 0 Å². The molecule has 5 nitrogen and oxygen atoms in total. The molecule has 0 aliphatic heterocycles. The molecule has 0 amide bonds. The van der Waals surface area contributed by atoms with Crippen molar-refractivity contribution in [3.63, 3.8) is 0 Å². The van der Waals surface area contributed by atoms with Gasteiger partial charge in [0.1, 0.15) is 0 Å². The predicted octanol–water partition coefficient (Wildman–Crippen LogP) is 3.66. The zero-order chi connectivity index (χ0) is 15.4. The molecule has 110 valence electrons. The first-order valence-electron chi connectivity index (χ1n) is 6.32. The average Bonchev–Trinajstić information content (AvgIpc) is 2.46. The highest BCUT2D eigenvalue weighted by molar-refractivity contribution is 5.55. The Bertz CT molecular complexity index is 674. The number of anilines is 1. The summed E-state index contributed by atoms with van der Waals surface area (Å²) >= 11 is 0. The Labute approximate surface area is 121 Å². The van der Waals surface area contributed by atoms with Crippen molar-refractivity contribution in [3.8, 4) is 5.75 Å². The first kappa shape index (κ1) is 14.8. The Morgan fingerprint density at radius 3 is 2.62 bits per heavy atom. The fraction of sp³-hybridized carbons (Fsp3) is 0.200. The minimum Gasteiger partial charge on any atom is -0.494 e. The summed E-state index contributed by atoms with van der Waals surface area (Å²) in [4.78, 5) is 10.2. The van der Waals surface area contributed by atoms with Gasteiger partial charge in [-0.05, 0) is 36.2 Å².